The van der Waals surface area contributed by atoms with Gasteiger partial charge in [0, 0.05) is 12.0 Å². The molecule has 3 rings (SSSR count). The minimum atomic E-state index is -4.57. The number of sulfone groups is 2. The monoisotopic (exact) mass is 584 g/mol. The van der Waals surface area contributed by atoms with Crippen LogP contribution in [-0.4, -0.2) is 27.3 Å². The Bertz CT molecular complexity index is 1360. The van der Waals surface area contributed by atoms with Crippen LogP contribution >= 0.6 is 0 Å². The second kappa shape index (κ2) is 10.5. The maximum atomic E-state index is 14.1. The predicted octanol–water partition coefficient (Wildman–Crippen LogP) is 7.18. The van der Waals surface area contributed by atoms with Crippen molar-refractivity contribution < 1.29 is 43.2 Å². The van der Waals surface area contributed by atoms with E-state index in [1.807, 2.05) is 0 Å². The molecule has 38 heavy (non-hydrogen) atoms. The summed E-state index contributed by atoms with van der Waals surface area (Å²) in [4.78, 5) is -0.705. The smallest absolute Gasteiger partial charge is 0.224 e. The Kier molecular flexibility index (Phi) is 8.40. The van der Waals surface area contributed by atoms with E-state index >= 15 is 0 Å². The Morgan fingerprint density at radius 2 is 1.42 bits per heavy atom. The highest BCUT2D eigenvalue weighted by molar-refractivity contribution is 7.92. The van der Waals surface area contributed by atoms with Gasteiger partial charge in [0.2, 0.25) is 0 Å². The van der Waals surface area contributed by atoms with Crippen molar-refractivity contribution in [1.29, 1.82) is 0 Å². The average molecular weight is 585 g/mol. The van der Waals surface area contributed by atoms with Crippen molar-refractivity contribution in [2.24, 2.45) is 11.8 Å². The summed E-state index contributed by atoms with van der Waals surface area (Å²) < 4.78 is 131. The van der Waals surface area contributed by atoms with E-state index in [2.05, 4.69) is 0 Å². The van der Waals surface area contributed by atoms with Gasteiger partial charge < -0.3 is 0 Å². The van der Waals surface area contributed by atoms with Crippen molar-refractivity contribution in [2.45, 2.75) is 79.5 Å². The fourth-order valence-electron chi connectivity index (χ4n) is 4.73. The highest BCUT2D eigenvalue weighted by Crippen LogP contribution is 2.48. The molecule has 1 aliphatic rings. The summed E-state index contributed by atoms with van der Waals surface area (Å²) in [6.45, 7) is 4.16. The zero-order chi connectivity index (χ0) is 28.7. The van der Waals surface area contributed by atoms with Gasteiger partial charge in [0.1, 0.15) is 5.82 Å². The molecule has 0 heterocycles. The third-order valence-electron chi connectivity index (χ3n) is 7.53. The van der Waals surface area contributed by atoms with Crippen LogP contribution in [0.15, 0.2) is 52.3 Å². The third kappa shape index (κ3) is 6.21. The van der Waals surface area contributed by atoms with Crippen LogP contribution in [0.3, 0.4) is 0 Å². The molecule has 0 amide bonds. The summed E-state index contributed by atoms with van der Waals surface area (Å²) in [5.41, 5.74) is -1.64. The Labute approximate surface area is 219 Å². The fraction of sp³-hybridized carbons (Fsp3) is 0.538. The summed E-state index contributed by atoms with van der Waals surface area (Å²) in [5, 5.41) is 0. The lowest BCUT2D eigenvalue weighted by molar-refractivity contribution is -0.137. The van der Waals surface area contributed by atoms with Crippen LogP contribution < -0.4 is 0 Å². The third-order valence-corrected chi connectivity index (χ3v) is 11.9. The van der Waals surface area contributed by atoms with Gasteiger partial charge in [-0.05, 0) is 93.8 Å². The summed E-state index contributed by atoms with van der Waals surface area (Å²) in [6.07, 6.45) is -3.55. The normalized spacial score (nSPS) is 19.3. The summed E-state index contributed by atoms with van der Waals surface area (Å²) >= 11 is 0. The lowest BCUT2D eigenvalue weighted by atomic mass is 9.67. The van der Waals surface area contributed by atoms with Crippen LogP contribution in [0.25, 0.3) is 0 Å². The molecule has 2 aromatic carbocycles. The molecule has 0 saturated heterocycles. The Morgan fingerprint density at radius 3 is 1.95 bits per heavy atom. The van der Waals surface area contributed by atoms with Crippen LogP contribution in [0.5, 0.6) is 0 Å². The van der Waals surface area contributed by atoms with E-state index in [0.717, 1.165) is 36.4 Å². The van der Waals surface area contributed by atoms with Crippen LogP contribution in [0, 0.1) is 17.7 Å². The standard InChI is InChI=1S/C26H30F6O4S2/c1-4-25(28,29)20-14-21(27)16-23(15-20)38(35,36)24(2,3)19-12-17(13-19)6-5-11-37(33,34)22-9-7-18(8-10-22)26(30,31)32/h7-10,14-17,19H,4-6,11-13H2,1-3H3. The Balaban J connectivity index is 1.61. The molecule has 0 aliphatic heterocycles. The van der Waals surface area contributed by atoms with Crippen LogP contribution in [-0.2, 0) is 31.8 Å². The molecular formula is C26H30F6O4S2. The van der Waals surface area contributed by atoms with Gasteiger partial charge in [-0.2, -0.15) is 13.2 Å². The molecule has 1 saturated carbocycles. The van der Waals surface area contributed by atoms with Gasteiger partial charge in [-0.25, -0.2) is 30.0 Å². The molecular weight excluding hydrogens is 554 g/mol. The number of alkyl halides is 5. The van der Waals surface area contributed by atoms with E-state index in [-0.39, 0.29) is 28.9 Å². The largest absolute Gasteiger partial charge is 0.416 e. The van der Waals surface area contributed by atoms with Crippen molar-refractivity contribution in [1.82, 2.24) is 0 Å². The highest BCUT2D eigenvalue weighted by atomic mass is 32.2. The van der Waals surface area contributed by atoms with E-state index in [0.29, 0.717) is 25.3 Å². The molecule has 0 aromatic heterocycles. The highest BCUT2D eigenvalue weighted by Gasteiger charge is 2.48. The van der Waals surface area contributed by atoms with Crippen molar-refractivity contribution in [2.75, 3.05) is 5.75 Å². The molecule has 0 unspecified atom stereocenters. The summed E-state index contributed by atoms with van der Waals surface area (Å²) in [6, 6.07) is 5.50. The lowest BCUT2D eigenvalue weighted by Crippen LogP contribution is -2.46. The molecule has 0 atom stereocenters. The van der Waals surface area contributed by atoms with Gasteiger partial charge in [0.15, 0.2) is 19.7 Å². The summed E-state index contributed by atoms with van der Waals surface area (Å²) in [5.74, 6) is -5.02. The predicted molar refractivity (Wildman–Crippen MR) is 131 cm³/mol. The zero-order valence-electron chi connectivity index (χ0n) is 21.2. The number of hydrogen-bond acceptors (Lipinski definition) is 4. The van der Waals surface area contributed by atoms with Crippen LogP contribution in [0.2, 0.25) is 0 Å². The minimum Gasteiger partial charge on any atom is -0.224 e. The molecule has 0 spiro atoms. The molecule has 0 N–H and O–H groups in total. The molecule has 2 aromatic rings. The topological polar surface area (TPSA) is 68.3 Å². The summed E-state index contributed by atoms with van der Waals surface area (Å²) in [7, 11) is -7.96. The first-order chi connectivity index (χ1) is 17.3. The van der Waals surface area contributed by atoms with E-state index in [1.54, 1.807) is 0 Å². The zero-order valence-corrected chi connectivity index (χ0v) is 22.8. The second-order valence-electron chi connectivity index (χ2n) is 10.4. The number of halogens is 6. The number of benzene rings is 2. The lowest BCUT2D eigenvalue weighted by Gasteiger charge is -2.45. The number of hydrogen-bond donors (Lipinski definition) is 0. The maximum absolute atomic E-state index is 14.1. The minimum absolute atomic E-state index is 0.0322. The van der Waals surface area contributed by atoms with Gasteiger partial charge in [0.25, 0.3) is 5.92 Å². The van der Waals surface area contributed by atoms with Gasteiger partial charge in [0.05, 0.1) is 25.9 Å². The van der Waals surface area contributed by atoms with Crippen LogP contribution in [0.4, 0.5) is 26.3 Å². The van der Waals surface area contributed by atoms with Crippen molar-refractivity contribution in [3.8, 4) is 0 Å². The first-order valence-electron chi connectivity index (χ1n) is 12.1. The van der Waals surface area contributed by atoms with Crippen molar-refractivity contribution in [3.63, 3.8) is 0 Å². The quantitative estimate of drug-likeness (QED) is 0.278. The van der Waals surface area contributed by atoms with Crippen molar-refractivity contribution in [3.05, 3.63) is 59.4 Å². The Morgan fingerprint density at radius 1 is 0.842 bits per heavy atom. The molecule has 212 valence electrons. The molecule has 0 bridgehead atoms. The first-order valence-corrected chi connectivity index (χ1v) is 15.3. The molecule has 1 aliphatic carbocycles. The van der Waals surface area contributed by atoms with Crippen LogP contribution in [0.1, 0.15) is 64.0 Å². The van der Waals surface area contributed by atoms with Gasteiger partial charge in [-0.15, -0.1) is 0 Å². The molecule has 4 nitrogen and oxygen atoms in total. The molecule has 0 radical (unpaired) electrons. The van der Waals surface area contributed by atoms with Gasteiger partial charge >= 0.3 is 6.18 Å². The second-order valence-corrected chi connectivity index (χ2v) is 15.0. The fourth-order valence-corrected chi connectivity index (χ4v) is 7.85. The van der Waals surface area contributed by atoms with Gasteiger partial charge in [-0.1, -0.05) is 6.92 Å². The Hall–Kier alpha value is -2.08. The molecule has 1 fully saturated rings. The number of rotatable bonds is 10. The molecule has 12 heteroatoms. The van der Waals surface area contributed by atoms with Gasteiger partial charge in [-0.3, -0.25) is 0 Å². The first kappa shape index (κ1) is 30.5. The van der Waals surface area contributed by atoms with E-state index in [9.17, 15) is 43.2 Å². The van der Waals surface area contributed by atoms with Crippen molar-refractivity contribution >= 4 is 19.7 Å². The van der Waals surface area contributed by atoms with E-state index in [1.165, 1.54) is 20.8 Å². The SMILES string of the molecule is CCC(F)(F)c1cc(F)cc(S(=O)(=O)C(C)(C)C2CC(CCCS(=O)(=O)c3ccc(C(F)(F)F)cc3)C2)c1. The average Bonchev–Trinajstić information content (AvgIpc) is 2.79. The van der Waals surface area contributed by atoms with E-state index in [4.69, 9.17) is 0 Å². The van der Waals surface area contributed by atoms with E-state index < -0.39 is 64.8 Å². The maximum Gasteiger partial charge on any atom is 0.416 e.